The number of hydrogen-bond acceptors (Lipinski definition) is 3. The Hall–Kier alpha value is -1.26. The van der Waals surface area contributed by atoms with E-state index in [0.29, 0.717) is 0 Å². The molecule has 1 amide bonds. The Bertz CT molecular complexity index is 432. The van der Waals surface area contributed by atoms with Crippen LogP contribution in [0.15, 0.2) is 24.3 Å². The highest BCUT2D eigenvalue weighted by Crippen LogP contribution is 2.19. The molecule has 0 aliphatic heterocycles. The van der Waals surface area contributed by atoms with Crippen LogP contribution in [-0.2, 0) is 4.79 Å². The van der Waals surface area contributed by atoms with Gasteiger partial charge in [0.15, 0.2) is 0 Å². The maximum absolute atomic E-state index is 12.0. The third-order valence-corrected chi connectivity index (χ3v) is 3.31. The summed E-state index contributed by atoms with van der Waals surface area (Å²) in [5.41, 5.74) is 6.79. The first-order valence-corrected chi connectivity index (χ1v) is 7.13. The van der Waals surface area contributed by atoms with Gasteiger partial charge in [-0.25, -0.2) is 0 Å². The normalized spacial score (nSPS) is 14.8. The summed E-state index contributed by atoms with van der Waals surface area (Å²) in [6, 6.07) is 7.60. The van der Waals surface area contributed by atoms with Crippen LogP contribution < -0.4 is 15.8 Å². The Morgan fingerprint density at radius 3 is 2.05 bits per heavy atom. The highest BCUT2D eigenvalue weighted by Gasteiger charge is 2.19. The van der Waals surface area contributed by atoms with Crippen molar-refractivity contribution in [2.75, 3.05) is 0 Å². The first-order chi connectivity index (χ1) is 9.31. The lowest BCUT2D eigenvalue weighted by Gasteiger charge is -2.20. The molecule has 0 saturated heterocycles. The Labute approximate surface area is 133 Å². The third kappa shape index (κ3) is 6.36. The zero-order valence-electron chi connectivity index (χ0n) is 13.4. The Balaban J connectivity index is 0.00000400. The van der Waals surface area contributed by atoms with Crippen molar-refractivity contribution in [3.8, 4) is 5.75 Å². The van der Waals surface area contributed by atoms with E-state index < -0.39 is 0 Å². The number of halogens is 1. The van der Waals surface area contributed by atoms with Gasteiger partial charge in [0.05, 0.1) is 12.1 Å². The van der Waals surface area contributed by atoms with Crippen LogP contribution in [0.2, 0.25) is 0 Å². The van der Waals surface area contributed by atoms with E-state index >= 15 is 0 Å². The molecular formula is C16H27ClN2O2. The van der Waals surface area contributed by atoms with Crippen LogP contribution in [-0.4, -0.2) is 18.1 Å². The van der Waals surface area contributed by atoms with Crippen molar-refractivity contribution >= 4 is 18.3 Å². The second-order valence-corrected chi connectivity index (χ2v) is 5.61. The molecule has 4 nitrogen and oxygen atoms in total. The summed E-state index contributed by atoms with van der Waals surface area (Å²) < 4.78 is 5.60. The predicted octanol–water partition coefficient (Wildman–Crippen LogP) is 3.06. The van der Waals surface area contributed by atoms with E-state index in [4.69, 9.17) is 10.5 Å². The molecule has 1 aromatic rings. The molecule has 5 heteroatoms. The highest BCUT2D eigenvalue weighted by atomic mass is 35.5. The number of nitrogens with two attached hydrogens (primary N) is 1. The minimum atomic E-state index is -0.194. The van der Waals surface area contributed by atoms with Crippen molar-refractivity contribution in [2.45, 2.75) is 52.8 Å². The van der Waals surface area contributed by atoms with Crippen LogP contribution in [0.4, 0.5) is 0 Å². The lowest BCUT2D eigenvalue weighted by Crippen LogP contribution is -2.39. The number of amides is 1. The van der Waals surface area contributed by atoms with Crippen LogP contribution in [0, 0.1) is 5.92 Å². The van der Waals surface area contributed by atoms with Gasteiger partial charge in [-0.05, 0) is 45.4 Å². The molecule has 3 N–H and O–H groups in total. The van der Waals surface area contributed by atoms with Crippen molar-refractivity contribution in [1.29, 1.82) is 0 Å². The van der Waals surface area contributed by atoms with Crippen molar-refractivity contribution in [2.24, 2.45) is 11.7 Å². The second kappa shape index (κ2) is 8.90. The minimum Gasteiger partial charge on any atom is -0.491 e. The Kier molecular flexibility index (Phi) is 8.37. The summed E-state index contributed by atoms with van der Waals surface area (Å²) >= 11 is 0. The molecule has 0 radical (unpaired) electrons. The second-order valence-electron chi connectivity index (χ2n) is 5.61. The summed E-state index contributed by atoms with van der Waals surface area (Å²) in [5.74, 6) is 0.627. The first-order valence-electron chi connectivity index (χ1n) is 7.13. The average molecular weight is 315 g/mol. The van der Waals surface area contributed by atoms with Crippen molar-refractivity contribution in [3.05, 3.63) is 29.8 Å². The molecule has 0 aromatic heterocycles. The van der Waals surface area contributed by atoms with Gasteiger partial charge in [0.25, 0.3) is 0 Å². The molecule has 0 aliphatic carbocycles. The number of ether oxygens (including phenoxy) is 1. The van der Waals surface area contributed by atoms with Crippen molar-refractivity contribution < 1.29 is 9.53 Å². The summed E-state index contributed by atoms with van der Waals surface area (Å²) in [5, 5.41) is 2.98. The van der Waals surface area contributed by atoms with E-state index in [-0.39, 0.29) is 42.4 Å². The third-order valence-electron chi connectivity index (χ3n) is 3.31. The van der Waals surface area contributed by atoms with Gasteiger partial charge in [0.1, 0.15) is 5.75 Å². The minimum absolute atomic E-state index is 0. The maximum Gasteiger partial charge on any atom is 0.224 e. The van der Waals surface area contributed by atoms with E-state index in [1.165, 1.54) is 0 Å². The van der Waals surface area contributed by atoms with Crippen LogP contribution >= 0.6 is 12.4 Å². The lowest BCUT2D eigenvalue weighted by molar-refractivity contribution is -0.125. The Morgan fingerprint density at radius 1 is 1.10 bits per heavy atom. The predicted molar refractivity (Wildman–Crippen MR) is 88.8 cm³/mol. The zero-order chi connectivity index (χ0) is 15.3. The van der Waals surface area contributed by atoms with E-state index in [9.17, 15) is 4.79 Å². The van der Waals surface area contributed by atoms with Gasteiger partial charge in [-0.1, -0.05) is 19.1 Å². The molecule has 3 unspecified atom stereocenters. The molecular weight excluding hydrogens is 288 g/mol. The fraction of sp³-hybridized carbons (Fsp3) is 0.562. The van der Waals surface area contributed by atoms with Gasteiger partial charge in [-0.15, -0.1) is 12.4 Å². The molecule has 0 saturated carbocycles. The van der Waals surface area contributed by atoms with Gasteiger partial charge < -0.3 is 15.8 Å². The summed E-state index contributed by atoms with van der Waals surface area (Å²) in [6.45, 7) is 9.63. The number of carbonyl (C=O) groups excluding carboxylic acids is 1. The highest BCUT2D eigenvalue weighted by molar-refractivity contribution is 5.85. The quantitative estimate of drug-likeness (QED) is 0.848. The molecule has 1 aromatic carbocycles. The van der Waals surface area contributed by atoms with Crippen molar-refractivity contribution in [1.82, 2.24) is 5.32 Å². The standard InChI is InChI=1S/C16H26N2O2.ClH/c1-10(2)20-15-8-6-14(7-9-15)13(5)18-16(19)11(3)12(4)17;/h6-13H,17H2,1-5H3,(H,18,19);1H. The fourth-order valence-corrected chi connectivity index (χ4v) is 1.77. The number of hydrogen-bond donors (Lipinski definition) is 2. The van der Waals surface area contributed by atoms with Crippen LogP contribution in [0.1, 0.15) is 46.2 Å². The van der Waals surface area contributed by atoms with Gasteiger partial charge in [-0.2, -0.15) is 0 Å². The number of rotatable bonds is 6. The molecule has 21 heavy (non-hydrogen) atoms. The van der Waals surface area contributed by atoms with Crippen molar-refractivity contribution in [3.63, 3.8) is 0 Å². The first kappa shape index (κ1) is 19.7. The monoisotopic (exact) mass is 314 g/mol. The molecule has 120 valence electrons. The van der Waals surface area contributed by atoms with Gasteiger partial charge >= 0.3 is 0 Å². The van der Waals surface area contributed by atoms with Gasteiger partial charge in [0.2, 0.25) is 5.91 Å². The number of nitrogens with one attached hydrogen (secondary N) is 1. The van der Waals surface area contributed by atoms with E-state index in [1.807, 2.05) is 58.9 Å². The zero-order valence-corrected chi connectivity index (χ0v) is 14.2. The van der Waals surface area contributed by atoms with E-state index in [2.05, 4.69) is 5.32 Å². The van der Waals surface area contributed by atoms with Crippen LogP contribution in [0.3, 0.4) is 0 Å². The summed E-state index contributed by atoms with van der Waals surface area (Å²) in [6.07, 6.45) is 0.157. The van der Waals surface area contributed by atoms with Crippen LogP contribution in [0.25, 0.3) is 0 Å². The molecule has 3 atom stereocenters. The number of benzene rings is 1. The molecule has 0 heterocycles. The smallest absolute Gasteiger partial charge is 0.224 e. The van der Waals surface area contributed by atoms with Gasteiger partial charge in [0, 0.05) is 12.0 Å². The van der Waals surface area contributed by atoms with Gasteiger partial charge in [-0.3, -0.25) is 4.79 Å². The Morgan fingerprint density at radius 2 is 1.62 bits per heavy atom. The largest absolute Gasteiger partial charge is 0.491 e. The fourth-order valence-electron chi connectivity index (χ4n) is 1.77. The van der Waals surface area contributed by atoms with Crippen LogP contribution in [0.5, 0.6) is 5.75 Å². The topological polar surface area (TPSA) is 64.3 Å². The van der Waals surface area contributed by atoms with E-state index in [1.54, 1.807) is 0 Å². The molecule has 1 rings (SSSR count). The molecule has 0 spiro atoms. The summed E-state index contributed by atoms with van der Waals surface area (Å²) in [7, 11) is 0. The lowest BCUT2D eigenvalue weighted by atomic mass is 10.0. The maximum atomic E-state index is 12.0. The molecule has 0 fully saturated rings. The summed E-state index contributed by atoms with van der Waals surface area (Å²) in [4.78, 5) is 12.0. The van der Waals surface area contributed by atoms with E-state index in [0.717, 1.165) is 11.3 Å². The SMILES string of the molecule is CC(C)Oc1ccc(C(C)NC(=O)C(C)C(C)N)cc1.Cl. The average Bonchev–Trinajstić information content (AvgIpc) is 2.37. The number of carbonyl (C=O) groups is 1. The molecule has 0 aliphatic rings. The molecule has 0 bridgehead atoms.